The maximum atomic E-state index is 5.14. The fraction of sp³-hybridized carbons (Fsp3) is 0.545. The van der Waals surface area contributed by atoms with Crippen molar-refractivity contribution >= 4 is 11.5 Å². The van der Waals surface area contributed by atoms with E-state index >= 15 is 0 Å². The number of pyridine rings is 1. The number of fused-ring (bicyclic) bond motifs is 1. The third-order valence-electron chi connectivity index (χ3n) is 2.62. The molecule has 0 fully saturated rings. The van der Waals surface area contributed by atoms with Gasteiger partial charge in [-0.25, -0.2) is 0 Å². The zero-order valence-electron chi connectivity index (χ0n) is 9.69. The van der Waals surface area contributed by atoms with Crippen molar-refractivity contribution in [3.05, 3.63) is 12.1 Å². The number of ether oxygens (including phenoxy) is 2. The lowest BCUT2D eigenvalue weighted by atomic mass is 10.3. The van der Waals surface area contributed by atoms with Gasteiger partial charge in [0.05, 0.1) is 19.4 Å². The lowest BCUT2D eigenvalue weighted by Gasteiger charge is -2.30. The van der Waals surface area contributed by atoms with E-state index in [1.54, 1.807) is 14.2 Å². The summed E-state index contributed by atoms with van der Waals surface area (Å²) in [4.78, 5) is 6.66. The number of rotatable bonds is 4. The quantitative estimate of drug-likeness (QED) is 0.824. The second kappa shape index (κ2) is 5.03. The first-order chi connectivity index (χ1) is 7.85. The highest BCUT2D eigenvalue weighted by atomic mass is 16.5. The summed E-state index contributed by atoms with van der Waals surface area (Å²) in [5, 5.41) is 3.32. The Labute approximate surface area is 95.4 Å². The van der Waals surface area contributed by atoms with Gasteiger partial charge in [-0.15, -0.1) is 0 Å². The fourth-order valence-electron chi connectivity index (χ4n) is 1.77. The molecule has 2 rings (SSSR count). The van der Waals surface area contributed by atoms with E-state index in [1.807, 2.05) is 12.1 Å². The molecule has 1 N–H and O–H groups in total. The van der Waals surface area contributed by atoms with Gasteiger partial charge in [-0.2, -0.15) is 4.98 Å². The predicted octanol–water partition coefficient (Wildman–Crippen LogP) is 0.968. The number of hydrogen-bond donors (Lipinski definition) is 1. The van der Waals surface area contributed by atoms with Gasteiger partial charge in [0.1, 0.15) is 0 Å². The normalized spacial score (nSPS) is 14.2. The molecule has 0 radical (unpaired) electrons. The topological polar surface area (TPSA) is 46.6 Å². The summed E-state index contributed by atoms with van der Waals surface area (Å²) in [7, 11) is 3.34. The largest absolute Gasteiger partial charge is 0.481 e. The highest BCUT2D eigenvalue weighted by Gasteiger charge is 2.18. The van der Waals surface area contributed by atoms with E-state index < -0.39 is 0 Å². The minimum Gasteiger partial charge on any atom is -0.481 e. The second-order valence-electron chi connectivity index (χ2n) is 3.63. The fourth-order valence-corrected chi connectivity index (χ4v) is 1.77. The standard InChI is InChI=1S/C11H17N3O2/c1-15-8-7-14-6-5-12-9-3-4-10(16-2)13-11(9)14/h3-4,12H,5-8H2,1-2H3. The van der Waals surface area contributed by atoms with Crippen molar-refractivity contribution in [2.75, 3.05) is 50.7 Å². The van der Waals surface area contributed by atoms with Crippen LogP contribution < -0.4 is 15.0 Å². The molecule has 0 spiro atoms. The van der Waals surface area contributed by atoms with Crippen LogP contribution >= 0.6 is 0 Å². The number of nitrogens with zero attached hydrogens (tertiary/aromatic N) is 2. The van der Waals surface area contributed by atoms with E-state index in [2.05, 4.69) is 15.2 Å². The molecule has 5 heteroatoms. The van der Waals surface area contributed by atoms with Crippen LogP contribution in [0.2, 0.25) is 0 Å². The van der Waals surface area contributed by atoms with Gasteiger partial charge in [0.15, 0.2) is 5.82 Å². The van der Waals surface area contributed by atoms with Gasteiger partial charge in [0.25, 0.3) is 0 Å². The monoisotopic (exact) mass is 223 g/mol. The van der Waals surface area contributed by atoms with Crippen LogP contribution in [0.1, 0.15) is 0 Å². The van der Waals surface area contributed by atoms with Crippen LogP contribution in [0.25, 0.3) is 0 Å². The third kappa shape index (κ3) is 2.19. The Morgan fingerprint density at radius 2 is 2.31 bits per heavy atom. The smallest absolute Gasteiger partial charge is 0.215 e. The van der Waals surface area contributed by atoms with Crippen molar-refractivity contribution in [1.29, 1.82) is 0 Å². The number of hydrogen-bond acceptors (Lipinski definition) is 5. The van der Waals surface area contributed by atoms with Crippen molar-refractivity contribution in [3.8, 4) is 5.88 Å². The van der Waals surface area contributed by atoms with E-state index in [0.29, 0.717) is 12.5 Å². The molecule has 5 nitrogen and oxygen atoms in total. The summed E-state index contributed by atoms with van der Waals surface area (Å²) in [6.45, 7) is 3.44. The lowest BCUT2D eigenvalue weighted by molar-refractivity contribution is 0.205. The van der Waals surface area contributed by atoms with Crippen LogP contribution in [0.3, 0.4) is 0 Å². The second-order valence-corrected chi connectivity index (χ2v) is 3.63. The van der Waals surface area contributed by atoms with Crippen LogP contribution in [-0.2, 0) is 4.74 Å². The van der Waals surface area contributed by atoms with Gasteiger partial charge in [0.2, 0.25) is 5.88 Å². The van der Waals surface area contributed by atoms with Crippen LogP contribution in [0, 0.1) is 0 Å². The summed E-state index contributed by atoms with van der Waals surface area (Å²) >= 11 is 0. The van der Waals surface area contributed by atoms with Gasteiger partial charge < -0.3 is 19.7 Å². The van der Waals surface area contributed by atoms with Crippen molar-refractivity contribution in [2.24, 2.45) is 0 Å². The van der Waals surface area contributed by atoms with Crippen molar-refractivity contribution in [3.63, 3.8) is 0 Å². The molecule has 0 aromatic carbocycles. The van der Waals surface area contributed by atoms with Crippen LogP contribution in [0.5, 0.6) is 5.88 Å². The Bertz CT molecular complexity index is 357. The summed E-state index contributed by atoms with van der Waals surface area (Å²) in [6, 6.07) is 3.87. The van der Waals surface area contributed by atoms with E-state index in [4.69, 9.17) is 9.47 Å². The van der Waals surface area contributed by atoms with Crippen molar-refractivity contribution in [1.82, 2.24) is 4.98 Å². The van der Waals surface area contributed by atoms with E-state index in [9.17, 15) is 0 Å². The van der Waals surface area contributed by atoms with Crippen molar-refractivity contribution in [2.45, 2.75) is 0 Å². The minimum absolute atomic E-state index is 0.643. The van der Waals surface area contributed by atoms with Gasteiger partial charge in [0, 0.05) is 32.8 Å². The van der Waals surface area contributed by atoms with Gasteiger partial charge in [-0.05, 0) is 6.07 Å². The molecular weight excluding hydrogens is 206 g/mol. The van der Waals surface area contributed by atoms with Crippen LogP contribution in [0.4, 0.5) is 11.5 Å². The first-order valence-electron chi connectivity index (χ1n) is 5.38. The number of aromatic nitrogens is 1. The number of methoxy groups -OCH3 is 2. The minimum atomic E-state index is 0.643. The molecule has 0 amide bonds. The van der Waals surface area contributed by atoms with Gasteiger partial charge in [-0.3, -0.25) is 0 Å². The Morgan fingerprint density at radius 1 is 1.44 bits per heavy atom. The Morgan fingerprint density at radius 3 is 3.06 bits per heavy atom. The summed E-state index contributed by atoms with van der Waals surface area (Å²) in [6.07, 6.45) is 0. The molecule has 0 unspecified atom stereocenters. The Kier molecular flexibility index (Phi) is 3.46. The maximum absolute atomic E-state index is 5.14. The van der Waals surface area contributed by atoms with Crippen LogP contribution in [0.15, 0.2) is 12.1 Å². The maximum Gasteiger partial charge on any atom is 0.215 e. The lowest BCUT2D eigenvalue weighted by Crippen LogP contribution is -2.37. The zero-order chi connectivity index (χ0) is 11.4. The zero-order valence-corrected chi connectivity index (χ0v) is 9.69. The van der Waals surface area contributed by atoms with E-state index in [-0.39, 0.29) is 0 Å². The molecule has 88 valence electrons. The predicted molar refractivity (Wildman–Crippen MR) is 63.4 cm³/mol. The van der Waals surface area contributed by atoms with Crippen molar-refractivity contribution < 1.29 is 9.47 Å². The molecule has 0 atom stereocenters. The Hall–Kier alpha value is -1.49. The molecule has 2 heterocycles. The summed E-state index contributed by atoms with van der Waals surface area (Å²) in [5.41, 5.74) is 1.06. The highest BCUT2D eigenvalue weighted by molar-refractivity contribution is 5.68. The molecular formula is C11H17N3O2. The van der Waals surface area contributed by atoms with E-state index in [1.165, 1.54) is 0 Å². The molecule has 0 saturated carbocycles. The molecule has 1 aliphatic heterocycles. The molecule has 0 aliphatic carbocycles. The highest BCUT2D eigenvalue weighted by Crippen LogP contribution is 2.28. The van der Waals surface area contributed by atoms with Gasteiger partial charge in [-0.1, -0.05) is 0 Å². The average Bonchev–Trinajstić information content (AvgIpc) is 2.35. The summed E-state index contributed by atoms with van der Waals surface area (Å²) in [5.74, 6) is 1.59. The molecule has 16 heavy (non-hydrogen) atoms. The first kappa shape index (κ1) is 11.0. The molecule has 0 saturated heterocycles. The molecule has 1 aliphatic rings. The van der Waals surface area contributed by atoms with Gasteiger partial charge >= 0.3 is 0 Å². The first-order valence-corrected chi connectivity index (χ1v) is 5.38. The molecule has 1 aromatic heterocycles. The number of nitrogens with one attached hydrogen (secondary N) is 1. The molecule has 1 aromatic rings. The molecule has 0 bridgehead atoms. The SMILES string of the molecule is COCCN1CCNc2ccc(OC)nc21. The summed E-state index contributed by atoms with van der Waals surface area (Å²) < 4.78 is 10.2. The third-order valence-corrected chi connectivity index (χ3v) is 2.62. The average molecular weight is 223 g/mol. The van der Waals surface area contributed by atoms with Crippen LogP contribution in [-0.4, -0.2) is 45.4 Å². The Balaban J connectivity index is 2.21. The number of anilines is 2. The van der Waals surface area contributed by atoms with E-state index in [0.717, 1.165) is 31.1 Å².